The van der Waals surface area contributed by atoms with E-state index in [4.69, 9.17) is 4.74 Å². The molecule has 0 atom stereocenters. The molecule has 0 saturated heterocycles. The Kier molecular flexibility index (Phi) is 9.00. The first-order valence-corrected chi connectivity index (χ1v) is 12.9. The second-order valence-electron chi connectivity index (χ2n) is 8.78. The molecule has 0 unspecified atom stereocenters. The molecule has 200 valence electrons. The highest BCUT2D eigenvalue weighted by atomic mass is 19.1. The highest BCUT2D eigenvalue weighted by molar-refractivity contribution is 5.90. The molecule has 4 nitrogen and oxygen atoms in total. The lowest BCUT2D eigenvalue weighted by Crippen LogP contribution is -2.12. The molecule has 1 aliphatic heterocycles. The van der Waals surface area contributed by atoms with Crippen LogP contribution in [0.4, 0.5) is 8.78 Å². The average molecular weight is 526 g/mol. The fraction of sp³-hybridized carbons (Fsp3) is 0.152. The van der Waals surface area contributed by atoms with Crippen molar-refractivity contribution >= 4 is 17.5 Å². The Hall–Kier alpha value is -4.58. The van der Waals surface area contributed by atoms with Crippen LogP contribution >= 0.6 is 0 Å². The number of hydrogen-bond donors (Lipinski definition) is 1. The number of hydrogen-bond acceptors (Lipinski definition) is 4. The minimum Gasteiger partial charge on any atom is -0.457 e. The Balaban J connectivity index is 0.00000144. The zero-order chi connectivity index (χ0) is 27.8. The molecule has 5 rings (SSSR count). The van der Waals surface area contributed by atoms with Gasteiger partial charge in [0.15, 0.2) is 0 Å². The lowest BCUT2D eigenvalue weighted by molar-refractivity contribution is 0.478. The standard InChI is InChI=1S/C31H25F2N3O.C2H6.H2/c1-20-29(21(2)36-18-22-13-26(32)16-27(33)14-22)7-4-8-31(20)37-28-10-12-35-30(17-28)24-6-3-5-23(15-24)25-9-11-34-19-25;1-2;/h3-17,36H,2,18-19H2,1H3;1-2H3;1H. The van der Waals surface area contributed by atoms with Crippen molar-refractivity contribution in [2.75, 3.05) is 6.54 Å². The van der Waals surface area contributed by atoms with Gasteiger partial charge in [-0.3, -0.25) is 9.98 Å². The van der Waals surface area contributed by atoms with Crippen LogP contribution in [0.3, 0.4) is 0 Å². The second-order valence-corrected chi connectivity index (χ2v) is 8.78. The number of nitrogens with one attached hydrogen (secondary N) is 1. The number of halogens is 2. The Bertz CT molecular complexity index is 1530. The van der Waals surface area contributed by atoms with Crippen LogP contribution in [0.5, 0.6) is 11.5 Å². The minimum atomic E-state index is -0.609. The average Bonchev–Trinajstić information content (AvgIpc) is 3.49. The van der Waals surface area contributed by atoms with Crippen LogP contribution in [0.15, 0.2) is 96.6 Å². The number of aromatic nitrogens is 1. The molecule has 0 bridgehead atoms. The number of benzene rings is 3. The molecule has 2 heterocycles. The first-order chi connectivity index (χ1) is 19.0. The number of pyridine rings is 1. The molecule has 0 radical (unpaired) electrons. The van der Waals surface area contributed by atoms with Crippen LogP contribution in [-0.2, 0) is 6.54 Å². The van der Waals surface area contributed by atoms with Gasteiger partial charge in [-0.1, -0.05) is 50.8 Å². The van der Waals surface area contributed by atoms with Gasteiger partial charge in [-0.15, -0.1) is 0 Å². The summed E-state index contributed by atoms with van der Waals surface area (Å²) in [5.41, 5.74) is 6.96. The van der Waals surface area contributed by atoms with E-state index in [1.165, 1.54) is 17.7 Å². The molecular formula is C33H33F2N3O. The van der Waals surface area contributed by atoms with Crippen molar-refractivity contribution in [1.29, 1.82) is 0 Å². The summed E-state index contributed by atoms with van der Waals surface area (Å²) in [5.74, 6) is 0.119. The number of ether oxygens (including phenoxy) is 1. The lowest BCUT2D eigenvalue weighted by Gasteiger charge is -2.16. The summed E-state index contributed by atoms with van der Waals surface area (Å²) >= 11 is 0. The molecular weight excluding hydrogens is 492 g/mol. The van der Waals surface area contributed by atoms with E-state index in [1.807, 2.05) is 75.5 Å². The lowest BCUT2D eigenvalue weighted by atomic mass is 10.0. The van der Waals surface area contributed by atoms with Gasteiger partial charge in [0.25, 0.3) is 0 Å². The summed E-state index contributed by atoms with van der Waals surface area (Å²) in [4.78, 5) is 8.82. The second kappa shape index (κ2) is 12.8. The van der Waals surface area contributed by atoms with Crippen molar-refractivity contribution in [3.05, 3.63) is 126 Å². The predicted octanol–water partition coefficient (Wildman–Crippen LogP) is 8.63. The van der Waals surface area contributed by atoms with Gasteiger partial charge < -0.3 is 10.1 Å². The smallest absolute Gasteiger partial charge is 0.131 e. The number of aliphatic imine (C=N–C) groups is 1. The van der Waals surface area contributed by atoms with Gasteiger partial charge in [-0.25, -0.2) is 8.78 Å². The number of rotatable bonds is 8. The molecule has 3 aromatic carbocycles. The summed E-state index contributed by atoms with van der Waals surface area (Å²) in [5, 5.41) is 3.15. The Morgan fingerprint density at radius 1 is 0.974 bits per heavy atom. The number of nitrogens with zero attached hydrogens (tertiary/aromatic N) is 2. The van der Waals surface area contributed by atoms with Gasteiger partial charge in [-0.05, 0) is 60.0 Å². The monoisotopic (exact) mass is 525 g/mol. The molecule has 1 aromatic heterocycles. The highest BCUT2D eigenvalue weighted by Gasteiger charge is 2.12. The fourth-order valence-corrected chi connectivity index (χ4v) is 4.24. The maximum Gasteiger partial charge on any atom is 0.131 e. The molecule has 0 fully saturated rings. The third-order valence-corrected chi connectivity index (χ3v) is 6.17. The summed E-state index contributed by atoms with van der Waals surface area (Å²) < 4.78 is 33.3. The largest absolute Gasteiger partial charge is 0.457 e. The number of allylic oxidation sites excluding steroid dienone is 1. The predicted molar refractivity (Wildman–Crippen MR) is 158 cm³/mol. The molecule has 6 heteroatoms. The maximum atomic E-state index is 13.5. The van der Waals surface area contributed by atoms with Gasteiger partial charge in [-0.2, -0.15) is 0 Å². The van der Waals surface area contributed by atoms with Crippen molar-refractivity contribution in [1.82, 2.24) is 10.3 Å². The van der Waals surface area contributed by atoms with Crippen molar-refractivity contribution in [3.8, 4) is 22.8 Å². The van der Waals surface area contributed by atoms with E-state index in [1.54, 1.807) is 6.20 Å². The normalized spacial score (nSPS) is 11.9. The zero-order valence-corrected chi connectivity index (χ0v) is 22.3. The summed E-state index contributed by atoms with van der Waals surface area (Å²) in [6.07, 6.45) is 5.59. The minimum absolute atomic E-state index is 0. The van der Waals surface area contributed by atoms with Crippen molar-refractivity contribution in [2.45, 2.75) is 27.3 Å². The highest BCUT2D eigenvalue weighted by Crippen LogP contribution is 2.32. The summed E-state index contributed by atoms with van der Waals surface area (Å²) in [6, 6.07) is 21.1. The van der Waals surface area contributed by atoms with Crippen molar-refractivity contribution in [3.63, 3.8) is 0 Å². The van der Waals surface area contributed by atoms with E-state index in [2.05, 4.69) is 34.0 Å². The van der Waals surface area contributed by atoms with Crippen LogP contribution in [0.25, 0.3) is 22.5 Å². The SMILES string of the molecule is C=C(NCc1cc(F)cc(F)c1)c1cccc(Oc2ccnc(-c3cccc(C4=CC=NC4)c3)c2)c1C.CC.[HH]. The van der Waals surface area contributed by atoms with E-state index in [0.29, 0.717) is 29.3 Å². The molecule has 1 aliphatic rings. The first-order valence-electron chi connectivity index (χ1n) is 12.9. The molecule has 1 N–H and O–H groups in total. The first kappa shape index (κ1) is 27.5. The van der Waals surface area contributed by atoms with Crippen molar-refractivity contribution < 1.29 is 14.9 Å². The molecule has 0 saturated carbocycles. The topological polar surface area (TPSA) is 46.5 Å². The van der Waals surface area contributed by atoms with Gasteiger partial charge in [0, 0.05) is 54.9 Å². The van der Waals surface area contributed by atoms with Crippen LogP contribution in [0.2, 0.25) is 0 Å². The van der Waals surface area contributed by atoms with Crippen molar-refractivity contribution in [2.24, 2.45) is 4.99 Å². The third-order valence-electron chi connectivity index (χ3n) is 6.17. The van der Waals surface area contributed by atoms with E-state index in [9.17, 15) is 8.78 Å². The van der Waals surface area contributed by atoms with Gasteiger partial charge in [0.1, 0.15) is 23.1 Å². The van der Waals surface area contributed by atoms with Gasteiger partial charge in [0.2, 0.25) is 0 Å². The Morgan fingerprint density at radius 2 is 1.72 bits per heavy atom. The fourth-order valence-electron chi connectivity index (χ4n) is 4.24. The summed E-state index contributed by atoms with van der Waals surface area (Å²) in [7, 11) is 0. The van der Waals surface area contributed by atoms with E-state index in [0.717, 1.165) is 34.0 Å². The Labute approximate surface area is 229 Å². The molecule has 39 heavy (non-hydrogen) atoms. The van der Waals surface area contributed by atoms with Crippen LogP contribution in [0, 0.1) is 18.6 Å². The van der Waals surface area contributed by atoms with Crippen LogP contribution in [-0.4, -0.2) is 17.7 Å². The van der Waals surface area contributed by atoms with E-state index in [-0.39, 0.29) is 7.97 Å². The molecule has 0 amide bonds. The van der Waals surface area contributed by atoms with Crippen LogP contribution in [0.1, 0.15) is 37.5 Å². The van der Waals surface area contributed by atoms with Crippen LogP contribution < -0.4 is 10.1 Å². The maximum absolute atomic E-state index is 13.5. The molecule has 4 aromatic rings. The van der Waals surface area contributed by atoms with Gasteiger partial charge in [0.05, 0.1) is 12.2 Å². The molecule has 0 spiro atoms. The Morgan fingerprint density at radius 3 is 2.46 bits per heavy atom. The van der Waals surface area contributed by atoms with E-state index < -0.39 is 11.6 Å². The quantitative estimate of drug-likeness (QED) is 0.250. The summed E-state index contributed by atoms with van der Waals surface area (Å²) in [6.45, 7) is 11.0. The molecule has 0 aliphatic carbocycles. The van der Waals surface area contributed by atoms with E-state index >= 15 is 0 Å². The van der Waals surface area contributed by atoms with Gasteiger partial charge >= 0.3 is 0 Å². The third kappa shape index (κ3) is 6.85. The zero-order valence-electron chi connectivity index (χ0n) is 22.3.